The molecule has 0 radical (unpaired) electrons. The number of nitrogens with one attached hydrogen (secondary N) is 2. The van der Waals surface area contributed by atoms with Gasteiger partial charge in [0.2, 0.25) is 0 Å². The Kier molecular flexibility index (Phi) is 13.8. The van der Waals surface area contributed by atoms with E-state index in [9.17, 15) is 14.4 Å². The van der Waals surface area contributed by atoms with E-state index in [0.29, 0.717) is 29.4 Å². The Morgan fingerprint density at radius 1 is 1.06 bits per heavy atom. The Bertz CT molecular complexity index is 853. The Labute approximate surface area is 215 Å². The highest BCUT2D eigenvalue weighted by Gasteiger charge is 2.33. The van der Waals surface area contributed by atoms with Crippen molar-refractivity contribution in [2.24, 2.45) is 17.7 Å². The summed E-state index contributed by atoms with van der Waals surface area (Å²) in [6, 6.07) is 6.03. The molecule has 1 amide bonds. The van der Waals surface area contributed by atoms with Crippen molar-refractivity contribution in [1.82, 2.24) is 5.43 Å². The third-order valence-corrected chi connectivity index (χ3v) is 7.02. The van der Waals surface area contributed by atoms with Crippen LogP contribution in [0.1, 0.15) is 101 Å². The molecule has 2 rings (SSSR count). The Balaban J connectivity index is 1.72. The lowest BCUT2D eigenvalue weighted by molar-refractivity contribution is -0.121. The highest BCUT2D eigenvalue weighted by atomic mass is 16.6. The van der Waals surface area contributed by atoms with Crippen LogP contribution in [0.5, 0.6) is 0 Å². The molecule has 1 aliphatic carbocycles. The average molecular weight is 502 g/mol. The monoisotopic (exact) mass is 501 g/mol. The molecule has 8 heteroatoms. The number of rotatable bonds is 18. The molecule has 1 aromatic carbocycles. The van der Waals surface area contributed by atoms with Gasteiger partial charge in [0.25, 0.3) is 5.91 Å². The third kappa shape index (κ3) is 10.5. The van der Waals surface area contributed by atoms with Gasteiger partial charge in [-0.2, -0.15) is 0 Å². The molecule has 0 unspecified atom stereocenters. The fraction of sp³-hybridized carbons (Fsp3) is 0.607. The Hall–Kier alpha value is -2.71. The van der Waals surface area contributed by atoms with Gasteiger partial charge in [-0.1, -0.05) is 57.9 Å². The van der Waals surface area contributed by atoms with E-state index < -0.39 is 5.97 Å². The zero-order chi connectivity index (χ0) is 26.2. The first-order valence-corrected chi connectivity index (χ1v) is 13.4. The molecule has 200 valence electrons. The van der Waals surface area contributed by atoms with Gasteiger partial charge >= 0.3 is 5.97 Å². The van der Waals surface area contributed by atoms with Crippen LogP contribution in [0.25, 0.3) is 0 Å². The SMILES string of the molecule is CCCCCCCC[C@H]1CCC(=O)[C@@H]1CCCCC=C(CON)C(=O)NNc1ccc(C(=O)O)cc1. The van der Waals surface area contributed by atoms with Crippen molar-refractivity contribution in [3.63, 3.8) is 0 Å². The lowest BCUT2D eigenvalue weighted by Gasteiger charge is -2.18. The van der Waals surface area contributed by atoms with E-state index in [1.807, 2.05) is 6.08 Å². The number of carbonyl (C=O) groups is 3. The third-order valence-electron chi connectivity index (χ3n) is 7.02. The molecule has 0 spiro atoms. The second-order valence-corrected chi connectivity index (χ2v) is 9.71. The smallest absolute Gasteiger partial charge is 0.335 e. The first kappa shape index (κ1) is 29.5. The van der Waals surface area contributed by atoms with E-state index in [4.69, 9.17) is 11.0 Å². The molecule has 1 saturated carbocycles. The van der Waals surface area contributed by atoms with Gasteiger partial charge in [0.15, 0.2) is 0 Å². The predicted octanol–water partition coefficient (Wildman–Crippen LogP) is 5.55. The molecule has 2 atom stereocenters. The van der Waals surface area contributed by atoms with Crippen LogP contribution >= 0.6 is 0 Å². The molecule has 0 saturated heterocycles. The summed E-state index contributed by atoms with van der Waals surface area (Å²) in [6.07, 6.45) is 16.0. The van der Waals surface area contributed by atoms with Crippen LogP contribution in [0.2, 0.25) is 0 Å². The first-order chi connectivity index (χ1) is 17.5. The molecular weight excluding hydrogens is 458 g/mol. The lowest BCUT2D eigenvalue weighted by atomic mass is 9.86. The standard InChI is InChI=1S/C28H43N3O5/c1-2-3-4-5-6-8-11-21-16-19-26(32)25(21)13-10-7-9-12-23(20-36-29)27(33)31-30-24-17-14-22(15-18-24)28(34)35/h12,14-15,17-18,21,25,30H,2-11,13,16,19-20,29H2,1H3,(H,31,33)(H,34,35)/t21-,25+/m0/s1. The zero-order valence-corrected chi connectivity index (χ0v) is 21.6. The molecule has 0 heterocycles. The van der Waals surface area contributed by atoms with E-state index in [1.54, 1.807) is 12.1 Å². The summed E-state index contributed by atoms with van der Waals surface area (Å²) in [7, 11) is 0. The molecule has 1 aromatic rings. The van der Waals surface area contributed by atoms with Crippen molar-refractivity contribution in [3.8, 4) is 0 Å². The summed E-state index contributed by atoms with van der Waals surface area (Å²) in [5.74, 6) is 5.00. The van der Waals surface area contributed by atoms with E-state index in [2.05, 4.69) is 22.6 Å². The number of benzene rings is 1. The molecule has 0 aliphatic heterocycles. The summed E-state index contributed by atoms with van der Waals surface area (Å²) >= 11 is 0. The van der Waals surface area contributed by atoms with Crippen molar-refractivity contribution in [1.29, 1.82) is 0 Å². The van der Waals surface area contributed by atoms with Gasteiger partial charge in [0, 0.05) is 17.9 Å². The number of carboxylic acids is 1. The lowest BCUT2D eigenvalue weighted by Crippen LogP contribution is -2.32. The largest absolute Gasteiger partial charge is 0.478 e. The summed E-state index contributed by atoms with van der Waals surface area (Å²) < 4.78 is 0. The number of nitrogens with two attached hydrogens (primary N) is 1. The molecule has 8 nitrogen and oxygen atoms in total. The summed E-state index contributed by atoms with van der Waals surface area (Å²) in [4.78, 5) is 40.5. The Morgan fingerprint density at radius 2 is 1.75 bits per heavy atom. The minimum absolute atomic E-state index is 0.0209. The van der Waals surface area contributed by atoms with Crippen LogP contribution in [-0.2, 0) is 14.4 Å². The summed E-state index contributed by atoms with van der Waals surface area (Å²) in [5.41, 5.74) is 6.47. The zero-order valence-electron chi connectivity index (χ0n) is 21.6. The number of amides is 1. The van der Waals surface area contributed by atoms with E-state index in [-0.39, 0.29) is 24.0 Å². The van der Waals surface area contributed by atoms with Gasteiger partial charge < -0.3 is 5.11 Å². The number of carboxylic acid groups (broad SMARTS) is 1. The van der Waals surface area contributed by atoms with Crippen LogP contribution in [0, 0.1) is 11.8 Å². The second kappa shape index (κ2) is 16.9. The molecule has 0 aromatic heterocycles. The number of hydrogen-bond acceptors (Lipinski definition) is 6. The van der Waals surface area contributed by atoms with Crippen LogP contribution in [0.3, 0.4) is 0 Å². The molecule has 1 fully saturated rings. The second-order valence-electron chi connectivity index (χ2n) is 9.71. The van der Waals surface area contributed by atoms with E-state index in [0.717, 1.165) is 32.1 Å². The molecule has 0 bridgehead atoms. The highest BCUT2D eigenvalue weighted by Crippen LogP contribution is 2.36. The van der Waals surface area contributed by atoms with Gasteiger partial charge in [-0.05, 0) is 62.3 Å². The van der Waals surface area contributed by atoms with Crippen LogP contribution in [0.15, 0.2) is 35.9 Å². The highest BCUT2D eigenvalue weighted by molar-refractivity contribution is 5.94. The number of hydrazine groups is 1. The Morgan fingerprint density at radius 3 is 2.44 bits per heavy atom. The fourth-order valence-electron chi connectivity index (χ4n) is 4.90. The van der Waals surface area contributed by atoms with Crippen molar-refractivity contribution in [3.05, 3.63) is 41.5 Å². The van der Waals surface area contributed by atoms with Crippen LogP contribution in [-0.4, -0.2) is 29.4 Å². The normalized spacial score (nSPS) is 17.8. The van der Waals surface area contributed by atoms with Crippen molar-refractivity contribution in [2.75, 3.05) is 12.0 Å². The number of aromatic carboxylic acids is 1. The van der Waals surface area contributed by atoms with Crippen molar-refractivity contribution < 1.29 is 24.3 Å². The maximum atomic E-state index is 12.5. The van der Waals surface area contributed by atoms with Crippen LogP contribution in [0.4, 0.5) is 5.69 Å². The molecular formula is C28H43N3O5. The maximum absolute atomic E-state index is 12.5. The predicted molar refractivity (Wildman–Crippen MR) is 141 cm³/mol. The van der Waals surface area contributed by atoms with Gasteiger partial charge in [-0.15, -0.1) is 0 Å². The molecule has 36 heavy (non-hydrogen) atoms. The minimum atomic E-state index is -1.01. The maximum Gasteiger partial charge on any atom is 0.335 e. The van der Waals surface area contributed by atoms with Gasteiger partial charge in [-0.25, -0.2) is 10.7 Å². The number of carbonyl (C=O) groups excluding carboxylic acids is 2. The van der Waals surface area contributed by atoms with Crippen molar-refractivity contribution >= 4 is 23.3 Å². The quantitative estimate of drug-likeness (QED) is 0.118. The van der Waals surface area contributed by atoms with Crippen LogP contribution < -0.4 is 16.7 Å². The van der Waals surface area contributed by atoms with E-state index >= 15 is 0 Å². The first-order valence-electron chi connectivity index (χ1n) is 13.4. The van der Waals surface area contributed by atoms with Gasteiger partial charge in [0.1, 0.15) is 5.78 Å². The van der Waals surface area contributed by atoms with Gasteiger partial charge in [0.05, 0.1) is 17.9 Å². The number of allylic oxidation sites excluding steroid dienone is 1. The fourth-order valence-corrected chi connectivity index (χ4v) is 4.90. The number of ketones is 1. The summed E-state index contributed by atoms with van der Waals surface area (Å²) in [5, 5.41) is 8.96. The molecule has 5 N–H and O–H groups in total. The topological polar surface area (TPSA) is 131 Å². The molecule has 1 aliphatic rings. The number of unbranched alkanes of at least 4 members (excludes halogenated alkanes) is 7. The number of anilines is 1. The van der Waals surface area contributed by atoms with Crippen molar-refractivity contribution in [2.45, 2.75) is 90.4 Å². The minimum Gasteiger partial charge on any atom is -0.478 e. The number of Topliss-reactive ketones (excluding diaryl/α,β-unsaturated/α-hetero) is 1. The van der Waals surface area contributed by atoms with Gasteiger partial charge in [-0.3, -0.25) is 25.3 Å². The van der Waals surface area contributed by atoms with E-state index in [1.165, 1.54) is 57.1 Å². The number of hydrogen-bond donors (Lipinski definition) is 4. The average Bonchev–Trinajstić information content (AvgIpc) is 3.23. The summed E-state index contributed by atoms with van der Waals surface area (Å²) in [6.45, 7) is 2.21.